The van der Waals surface area contributed by atoms with Crippen molar-refractivity contribution in [1.82, 2.24) is 5.43 Å². The van der Waals surface area contributed by atoms with Gasteiger partial charge in [-0.25, -0.2) is 5.43 Å². The summed E-state index contributed by atoms with van der Waals surface area (Å²) < 4.78 is 0. The average Bonchev–Trinajstić information content (AvgIpc) is 2.52. The van der Waals surface area contributed by atoms with Gasteiger partial charge in [-0.1, -0.05) is 37.3 Å². The second-order valence-corrected chi connectivity index (χ2v) is 4.76. The van der Waals surface area contributed by atoms with Crippen LogP contribution in [0.2, 0.25) is 0 Å². The first-order valence-corrected chi connectivity index (χ1v) is 6.94. The molecule has 4 nitrogen and oxygen atoms in total. The monoisotopic (exact) mass is 281 g/mol. The number of hydrazone groups is 1. The van der Waals surface area contributed by atoms with Crippen molar-refractivity contribution in [2.75, 3.05) is 5.73 Å². The molecule has 108 valence electrons. The van der Waals surface area contributed by atoms with Gasteiger partial charge in [0.05, 0.1) is 0 Å². The summed E-state index contributed by atoms with van der Waals surface area (Å²) >= 11 is 0. The normalized spacial score (nSPS) is 11.2. The van der Waals surface area contributed by atoms with Gasteiger partial charge in [0.25, 0.3) is 5.91 Å². The van der Waals surface area contributed by atoms with E-state index in [1.54, 1.807) is 24.3 Å². The van der Waals surface area contributed by atoms with E-state index in [2.05, 4.69) is 10.5 Å². The topological polar surface area (TPSA) is 67.5 Å². The molecule has 0 unspecified atom stereocenters. The summed E-state index contributed by atoms with van der Waals surface area (Å²) in [4.78, 5) is 12.0. The zero-order valence-electron chi connectivity index (χ0n) is 12.0. The van der Waals surface area contributed by atoms with Gasteiger partial charge in [0, 0.05) is 23.4 Å². The lowest BCUT2D eigenvalue weighted by atomic mass is 10.1. The Labute approximate surface area is 124 Å². The van der Waals surface area contributed by atoms with Crippen LogP contribution >= 0.6 is 0 Å². The third-order valence-electron chi connectivity index (χ3n) is 3.15. The maximum Gasteiger partial charge on any atom is 0.271 e. The smallest absolute Gasteiger partial charge is 0.271 e. The molecule has 3 N–H and O–H groups in total. The first-order valence-electron chi connectivity index (χ1n) is 6.94. The van der Waals surface area contributed by atoms with E-state index in [0.717, 1.165) is 18.6 Å². The number of hydrogen-bond acceptors (Lipinski definition) is 3. The molecule has 21 heavy (non-hydrogen) atoms. The lowest BCUT2D eigenvalue weighted by Crippen LogP contribution is -2.20. The molecule has 0 aliphatic carbocycles. The lowest BCUT2D eigenvalue weighted by molar-refractivity contribution is 0.0954. The molecule has 0 aliphatic heterocycles. The fraction of sp³-hybridized carbons (Fsp3) is 0.176. The largest absolute Gasteiger partial charge is 0.399 e. The van der Waals surface area contributed by atoms with Crippen molar-refractivity contribution < 1.29 is 4.79 Å². The van der Waals surface area contributed by atoms with E-state index in [0.29, 0.717) is 11.3 Å². The molecular weight excluding hydrogens is 262 g/mol. The van der Waals surface area contributed by atoms with Crippen LogP contribution in [-0.2, 0) is 6.42 Å². The molecule has 0 atom stereocenters. The van der Waals surface area contributed by atoms with Crippen LogP contribution < -0.4 is 11.2 Å². The Morgan fingerprint density at radius 2 is 1.76 bits per heavy atom. The summed E-state index contributed by atoms with van der Waals surface area (Å²) in [6.45, 7) is 2.02. The van der Waals surface area contributed by atoms with E-state index in [-0.39, 0.29) is 5.91 Å². The van der Waals surface area contributed by atoms with Crippen molar-refractivity contribution >= 4 is 17.3 Å². The molecule has 0 heterocycles. The number of benzene rings is 2. The predicted octanol–water partition coefficient (Wildman–Crippen LogP) is 3.01. The molecule has 2 aromatic carbocycles. The molecule has 0 saturated heterocycles. The number of rotatable bonds is 5. The third kappa shape index (κ3) is 4.45. The summed E-state index contributed by atoms with van der Waals surface area (Å²) in [5.74, 6) is -0.228. The number of carbonyl (C=O) groups excluding carboxylic acids is 1. The third-order valence-corrected chi connectivity index (χ3v) is 3.15. The van der Waals surface area contributed by atoms with Gasteiger partial charge < -0.3 is 5.73 Å². The maximum atomic E-state index is 12.0. The Morgan fingerprint density at radius 3 is 2.38 bits per heavy atom. The van der Waals surface area contributed by atoms with Crippen LogP contribution in [0.5, 0.6) is 0 Å². The molecule has 0 spiro atoms. The van der Waals surface area contributed by atoms with Gasteiger partial charge in [0.1, 0.15) is 0 Å². The highest BCUT2D eigenvalue weighted by Gasteiger charge is 2.05. The Morgan fingerprint density at radius 1 is 1.10 bits per heavy atom. The number of nitrogens with two attached hydrogens (primary N) is 1. The molecular formula is C17H19N3O. The fourth-order valence-corrected chi connectivity index (χ4v) is 1.90. The van der Waals surface area contributed by atoms with Gasteiger partial charge in [0.2, 0.25) is 0 Å². The van der Waals surface area contributed by atoms with Crippen LogP contribution in [0, 0.1) is 0 Å². The van der Waals surface area contributed by atoms with E-state index in [1.165, 1.54) is 5.56 Å². The van der Waals surface area contributed by atoms with E-state index in [4.69, 9.17) is 5.73 Å². The minimum atomic E-state index is -0.228. The number of nitrogens with one attached hydrogen (secondary N) is 1. The first-order chi connectivity index (χ1) is 10.2. The van der Waals surface area contributed by atoms with Crippen LogP contribution in [0.3, 0.4) is 0 Å². The van der Waals surface area contributed by atoms with Crippen LogP contribution in [0.15, 0.2) is 59.7 Å². The first kappa shape index (κ1) is 14.8. The van der Waals surface area contributed by atoms with Crippen LogP contribution in [0.4, 0.5) is 5.69 Å². The standard InChI is InChI=1S/C17H19N3O/c1-2-16(12-13-6-4-3-5-7-13)19-20-17(21)14-8-10-15(18)11-9-14/h3-11H,2,12,18H2,1H3,(H,20,21)/b19-16+. The van der Waals surface area contributed by atoms with Crippen LogP contribution in [0.1, 0.15) is 29.3 Å². The summed E-state index contributed by atoms with van der Waals surface area (Å²) in [5, 5.41) is 4.22. The number of amides is 1. The molecule has 0 bridgehead atoms. The molecule has 2 rings (SSSR count). The van der Waals surface area contributed by atoms with Crippen molar-refractivity contribution in [1.29, 1.82) is 0 Å². The number of anilines is 1. The zero-order chi connectivity index (χ0) is 15.1. The minimum Gasteiger partial charge on any atom is -0.399 e. The van der Waals surface area contributed by atoms with E-state index in [1.807, 2.05) is 37.3 Å². The van der Waals surface area contributed by atoms with Crippen molar-refractivity contribution in [2.45, 2.75) is 19.8 Å². The van der Waals surface area contributed by atoms with Crippen molar-refractivity contribution in [3.05, 3.63) is 65.7 Å². The van der Waals surface area contributed by atoms with Crippen molar-refractivity contribution in [2.24, 2.45) is 5.10 Å². The van der Waals surface area contributed by atoms with Crippen molar-refractivity contribution in [3.8, 4) is 0 Å². The minimum absolute atomic E-state index is 0.228. The predicted molar refractivity (Wildman–Crippen MR) is 86.2 cm³/mol. The SMILES string of the molecule is CC/C(Cc1ccccc1)=N\NC(=O)c1ccc(N)cc1. The summed E-state index contributed by atoms with van der Waals surface area (Å²) in [6, 6.07) is 16.8. The van der Waals surface area contributed by atoms with E-state index < -0.39 is 0 Å². The molecule has 0 radical (unpaired) electrons. The Hall–Kier alpha value is -2.62. The summed E-state index contributed by atoms with van der Waals surface area (Å²) in [6.07, 6.45) is 1.52. The molecule has 4 heteroatoms. The van der Waals surface area contributed by atoms with Gasteiger partial charge in [-0.3, -0.25) is 4.79 Å². The molecule has 0 fully saturated rings. The maximum absolute atomic E-state index is 12.0. The van der Waals surface area contributed by atoms with E-state index >= 15 is 0 Å². The highest BCUT2D eigenvalue weighted by Crippen LogP contribution is 2.06. The fourth-order valence-electron chi connectivity index (χ4n) is 1.90. The Balaban J connectivity index is 2.00. The molecule has 0 saturated carbocycles. The Bertz CT molecular complexity index is 618. The van der Waals surface area contributed by atoms with Gasteiger partial charge in [-0.2, -0.15) is 5.10 Å². The number of nitrogens with zero attached hydrogens (tertiary/aromatic N) is 1. The highest BCUT2D eigenvalue weighted by molar-refractivity contribution is 5.96. The number of hydrogen-bond donors (Lipinski definition) is 2. The average molecular weight is 281 g/mol. The number of carbonyl (C=O) groups is 1. The van der Waals surface area contributed by atoms with Crippen molar-refractivity contribution in [3.63, 3.8) is 0 Å². The number of nitrogen functional groups attached to an aromatic ring is 1. The second kappa shape index (κ2) is 7.24. The van der Waals surface area contributed by atoms with Gasteiger partial charge >= 0.3 is 0 Å². The zero-order valence-corrected chi connectivity index (χ0v) is 12.0. The molecule has 1 amide bonds. The Kier molecular flexibility index (Phi) is 5.10. The van der Waals surface area contributed by atoms with E-state index in [9.17, 15) is 4.79 Å². The van der Waals surface area contributed by atoms with Gasteiger partial charge in [0.15, 0.2) is 0 Å². The van der Waals surface area contributed by atoms with Gasteiger partial charge in [-0.15, -0.1) is 0 Å². The second-order valence-electron chi connectivity index (χ2n) is 4.76. The molecule has 0 aliphatic rings. The summed E-state index contributed by atoms with van der Waals surface area (Å²) in [7, 11) is 0. The summed E-state index contributed by atoms with van der Waals surface area (Å²) in [5.41, 5.74) is 11.5. The van der Waals surface area contributed by atoms with Crippen LogP contribution in [0.25, 0.3) is 0 Å². The highest BCUT2D eigenvalue weighted by atomic mass is 16.2. The van der Waals surface area contributed by atoms with Gasteiger partial charge in [-0.05, 0) is 36.2 Å². The van der Waals surface area contributed by atoms with Crippen LogP contribution in [-0.4, -0.2) is 11.6 Å². The molecule has 2 aromatic rings. The lowest BCUT2D eigenvalue weighted by Gasteiger charge is -2.05. The molecule has 0 aromatic heterocycles. The quantitative estimate of drug-likeness (QED) is 0.502.